The Kier molecular flexibility index (Phi) is 6.35. The van der Waals surface area contributed by atoms with Gasteiger partial charge in [0.2, 0.25) is 0 Å². The monoisotopic (exact) mass is 331 g/mol. The Morgan fingerprint density at radius 2 is 1.91 bits per heavy atom. The van der Waals surface area contributed by atoms with Gasteiger partial charge in [0, 0.05) is 16.6 Å². The van der Waals surface area contributed by atoms with Gasteiger partial charge in [-0.05, 0) is 43.0 Å². The first kappa shape index (κ1) is 17.2. The summed E-state index contributed by atoms with van der Waals surface area (Å²) in [5, 5.41) is 2.91. The minimum absolute atomic E-state index is 0.159. The first-order valence-electron chi connectivity index (χ1n) is 7.42. The molecule has 4 nitrogen and oxygen atoms in total. The number of hydrogen-bond donors (Lipinski definition) is 1. The lowest BCUT2D eigenvalue weighted by molar-refractivity contribution is -0.122. The maximum absolute atomic E-state index is 12.4. The Bertz CT molecular complexity index is 660. The molecular weight excluding hydrogens is 310 g/mol. The first-order chi connectivity index (χ1) is 11.2. The number of methoxy groups -OCH3 is 1. The molecule has 0 aliphatic heterocycles. The third kappa shape index (κ3) is 4.93. The van der Waals surface area contributed by atoms with Gasteiger partial charge < -0.3 is 14.8 Å². The van der Waals surface area contributed by atoms with E-state index >= 15 is 0 Å². The summed E-state index contributed by atoms with van der Waals surface area (Å²) >= 11 is 1.63. The van der Waals surface area contributed by atoms with Gasteiger partial charge in [0.1, 0.15) is 11.5 Å². The summed E-state index contributed by atoms with van der Waals surface area (Å²) in [5.74, 6) is 1.16. The molecule has 0 aliphatic carbocycles. The third-order valence-electron chi connectivity index (χ3n) is 3.32. The summed E-state index contributed by atoms with van der Waals surface area (Å²) in [6.07, 6.45) is 2.02. The van der Waals surface area contributed by atoms with Gasteiger partial charge in [-0.2, -0.15) is 0 Å². The first-order valence-corrected chi connectivity index (χ1v) is 8.64. The van der Waals surface area contributed by atoms with Crippen LogP contribution in [0.1, 0.15) is 13.3 Å². The molecule has 1 unspecified atom stereocenters. The van der Waals surface area contributed by atoms with E-state index in [1.165, 1.54) is 0 Å². The smallest absolute Gasteiger partial charge is 0.265 e. The molecule has 0 saturated heterocycles. The van der Waals surface area contributed by atoms with Gasteiger partial charge in [0.05, 0.1) is 7.11 Å². The summed E-state index contributed by atoms with van der Waals surface area (Å²) < 4.78 is 11.0. The van der Waals surface area contributed by atoms with Crippen LogP contribution in [0.3, 0.4) is 0 Å². The van der Waals surface area contributed by atoms with Gasteiger partial charge in [0.15, 0.2) is 6.10 Å². The standard InChI is InChI=1S/C18H21NO3S/c1-4-17(22-15-9-6-8-14(12-15)21-2)18(20)19-13-7-5-10-16(11-13)23-3/h5-12,17H,4H2,1-3H3,(H,19,20). The highest BCUT2D eigenvalue weighted by Crippen LogP contribution is 2.22. The SMILES string of the molecule is CCC(Oc1cccc(OC)c1)C(=O)Nc1cccc(SC)c1. The maximum atomic E-state index is 12.4. The maximum Gasteiger partial charge on any atom is 0.265 e. The van der Waals surface area contributed by atoms with E-state index in [4.69, 9.17) is 9.47 Å². The van der Waals surface area contributed by atoms with Gasteiger partial charge in [-0.15, -0.1) is 11.8 Å². The average molecular weight is 331 g/mol. The number of amides is 1. The zero-order valence-electron chi connectivity index (χ0n) is 13.5. The summed E-state index contributed by atoms with van der Waals surface area (Å²) in [6, 6.07) is 15.0. The van der Waals surface area contributed by atoms with Crippen molar-refractivity contribution < 1.29 is 14.3 Å². The molecule has 122 valence electrons. The predicted octanol–water partition coefficient (Wildman–Crippen LogP) is 4.21. The summed E-state index contributed by atoms with van der Waals surface area (Å²) in [4.78, 5) is 13.5. The molecule has 0 fully saturated rings. The number of rotatable bonds is 7. The van der Waals surface area contributed by atoms with Crippen molar-refractivity contribution in [1.29, 1.82) is 0 Å². The second-order valence-corrected chi connectivity index (χ2v) is 5.79. The van der Waals surface area contributed by atoms with Gasteiger partial charge in [0.25, 0.3) is 5.91 Å². The zero-order chi connectivity index (χ0) is 16.7. The molecule has 1 N–H and O–H groups in total. The molecule has 1 atom stereocenters. The number of anilines is 1. The minimum atomic E-state index is -0.556. The lowest BCUT2D eigenvalue weighted by atomic mass is 10.2. The summed E-state index contributed by atoms with van der Waals surface area (Å²) in [5.41, 5.74) is 0.773. The Labute approximate surface area is 141 Å². The number of carbonyl (C=O) groups is 1. The normalized spacial score (nSPS) is 11.6. The van der Waals surface area contributed by atoms with Crippen LogP contribution < -0.4 is 14.8 Å². The number of ether oxygens (including phenoxy) is 2. The van der Waals surface area contributed by atoms with E-state index in [-0.39, 0.29) is 5.91 Å². The number of carbonyl (C=O) groups excluding carboxylic acids is 1. The topological polar surface area (TPSA) is 47.6 Å². The van der Waals surface area contributed by atoms with Crippen molar-refractivity contribution in [2.45, 2.75) is 24.3 Å². The number of benzene rings is 2. The Hall–Kier alpha value is -2.14. The van der Waals surface area contributed by atoms with Gasteiger partial charge in [-0.1, -0.05) is 19.1 Å². The fraction of sp³-hybridized carbons (Fsp3) is 0.278. The lowest BCUT2D eigenvalue weighted by Crippen LogP contribution is -2.32. The highest BCUT2D eigenvalue weighted by atomic mass is 32.2. The van der Waals surface area contributed by atoms with Gasteiger partial charge in [-0.25, -0.2) is 0 Å². The Morgan fingerprint density at radius 1 is 1.17 bits per heavy atom. The number of thioether (sulfide) groups is 1. The highest BCUT2D eigenvalue weighted by Gasteiger charge is 2.18. The van der Waals surface area contributed by atoms with Crippen molar-refractivity contribution >= 4 is 23.4 Å². The molecule has 0 bridgehead atoms. The molecule has 2 rings (SSSR count). The quantitative estimate of drug-likeness (QED) is 0.772. The summed E-state index contributed by atoms with van der Waals surface area (Å²) in [7, 11) is 1.60. The highest BCUT2D eigenvalue weighted by molar-refractivity contribution is 7.98. The largest absolute Gasteiger partial charge is 0.497 e. The van der Waals surface area contributed by atoms with Crippen molar-refractivity contribution in [2.75, 3.05) is 18.7 Å². The fourth-order valence-corrected chi connectivity index (χ4v) is 2.54. The predicted molar refractivity (Wildman–Crippen MR) is 94.6 cm³/mol. The second kappa shape index (κ2) is 8.48. The minimum Gasteiger partial charge on any atom is -0.497 e. The third-order valence-corrected chi connectivity index (χ3v) is 4.05. The van der Waals surface area contributed by atoms with Crippen molar-refractivity contribution in [3.63, 3.8) is 0 Å². The molecule has 2 aromatic carbocycles. The van der Waals surface area contributed by atoms with Crippen molar-refractivity contribution in [3.8, 4) is 11.5 Å². The zero-order valence-corrected chi connectivity index (χ0v) is 14.4. The number of nitrogens with one attached hydrogen (secondary N) is 1. The van der Waals surface area contributed by atoms with Gasteiger partial charge in [-0.3, -0.25) is 4.79 Å². The van der Waals surface area contributed by atoms with Crippen LogP contribution in [-0.4, -0.2) is 25.4 Å². The van der Waals surface area contributed by atoms with E-state index in [0.717, 1.165) is 10.6 Å². The Balaban J connectivity index is 2.05. The van der Waals surface area contributed by atoms with Crippen molar-refractivity contribution in [3.05, 3.63) is 48.5 Å². The molecule has 5 heteroatoms. The van der Waals surface area contributed by atoms with E-state index in [1.54, 1.807) is 24.9 Å². The van der Waals surface area contributed by atoms with Crippen LogP contribution in [0.4, 0.5) is 5.69 Å². The van der Waals surface area contributed by atoms with Crippen LogP contribution in [0.5, 0.6) is 11.5 Å². The molecule has 2 aromatic rings. The molecule has 1 amide bonds. The van der Waals surface area contributed by atoms with E-state index in [2.05, 4.69) is 5.32 Å². The van der Waals surface area contributed by atoms with Crippen molar-refractivity contribution in [1.82, 2.24) is 0 Å². The summed E-state index contributed by atoms with van der Waals surface area (Å²) in [6.45, 7) is 1.92. The van der Waals surface area contributed by atoms with Crippen molar-refractivity contribution in [2.24, 2.45) is 0 Å². The van der Waals surface area contributed by atoms with Crippen LogP contribution in [0.15, 0.2) is 53.4 Å². The Morgan fingerprint density at radius 3 is 2.61 bits per heavy atom. The lowest BCUT2D eigenvalue weighted by Gasteiger charge is -2.18. The second-order valence-electron chi connectivity index (χ2n) is 4.91. The molecule has 0 saturated carbocycles. The van der Waals surface area contributed by atoms with Crippen LogP contribution in [0.2, 0.25) is 0 Å². The van der Waals surface area contributed by atoms with Crippen LogP contribution in [0.25, 0.3) is 0 Å². The van der Waals surface area contributed by atoms with Gasteiger partial charge >= 0.3 is 0 Å². The van der Waals surface area contributed by atoms with Crippen LogP contribution >= 0.6 is 11.8 Å². The number of hydrogen-bond acceptors (Lipinski definition) is 4. The van der Waals surface area contributed by atoms with E-state index < -0.39 is 6.10 Å². The van der Waals surface area contributed by atoms with E-state index in [1.807, 2.05) is 55.6 Å². The fourth-order valence-electron chi connectivity index (χ4n) is 2.08. The average Bonchev–Trinajstić information content (AvgIpc) is 2.59. The molecule has 0 radical (unpaired) electrons. The molecule has 23 heavy (non-hydrogen) atoms. The molecule has 0 spiro atoms. The van der Waals surface area contributed by atoms with E-state index in [0.29, 0.717) is 17.9 Å². The van der Waals surface area contributed by atoms with E-state index in [9.17, 15) is 4.79 Å². The van der Waals surface area contributed by atoms with Crippen LogP contribution in [0, 0.1) is 0 Å². The molecule has 0 aromatic heterocycles. The molecule has 0 heterocycles. The van der Waals surface area contributed by atoms with Crippen LogP contribution in [-0.2, 0) is 4.79 Å². The molecule has 0 aliphatic rings. The molecular formula is C18H21NO3S.